The Morgan fingerprint density at radius 1 is 1.19 bits per heavy atom. The SMILES string of the molecule is O=C(O)COc1ccc(/C=N/NC(=O)c2cc3cc(Cl)ccc3o2)cc1. The monoisotopic (exact) mass is 372 g/mol. The lowest BCUT2D eigenvalue weighted by Gasteiger charge is -2.02. The number of nitrogens with one attached hydrogen (secondary N) is 1. The highest BCUT2D eigenvalue weighted by Crippen LogP contribution is 2.22. The zero-order valence-corrected chi connectivity index (χ0v) is 14.1. The molecule has 1 amide bonds. The molecule has 0 fully saturated rings. The molecule has 26 heavy (non-hydrogen) atoms. The molecule has 0 saturated carbocycles. The molecule has 0 bridgehead atoms. The van der Waals surface area contributed by atoms with Crippen molar-refractivity contribution in [2.75, 3.05) is 6.61 Å². The summed E-state index contributed by atoms with van der Waals surface area (Å²) in [4.78, 5) is 22.5. The van der Waals surface area contributed by atoms with E-state index < -0.39 is 18.5 Å². The van der Waals surface area contributed by atoms with E-state index in [1.807, 2.05) is 0 Å². The van der Waals surface area contributed by atoms with Crippen molar-refractivity contribution in [3.8, 4) is 5.75 Å². The summed E-state index contributed by atoms with van der Waals surface area (Å²) < 4.78 is 10.5. The first-order chi connectivity index (χ1) is 12.5. The van der Waals surface area contributed by atoms with E-state index in [4.69, 9.17) is 25.9 Å². The number of halogens is 1. The van der Waals surface area contributed by atoms with E-state index in [2.05, 4.69) is 10.5 Å². The summed E-state index contributed by atoms with van der Waals surface area (Å²) in [5.74, 6) is -0.993. The fourth-order valence-corrected chi connectivity index (χ4v) is 2.32. The molecule has 1 aromatic heterocycles. The maximum atomic E-state index is 12.1. The molecule has 7 nitrogen and oxygen atoms in total. The minimum absolute atomic E-state index is 0.122. The Kier molecular flexibility index (Phi) is 5.19. The van der Waals surface area contributed by atoms with Gasteiger partial charge in [0.25, 0.3) is 0 Å². The molecule has 8 heteroatoms. The van der Waals surface area contributed by atoms with Gasteiger partial charge in [0.1, 0.15) is 11.3 Å². The van der Waals surface area contributed by atoms with E-state index in [0.29, 0.717) is 21.9 Å². The van der Waals surface area contributed by atoms with E-state index in [1.165, 1.54) is 6.21 Å². The molecule has 0 aliphatic rings. The smallest absolute Gasteiger partial charge is 0.341 e. The van der Waals surface area contributed by atoms with Crippen LogP contribution in [0.5, 0.6) is 5.75 Å². The topological polar surface area (TPSA) is 101 Å². The van der Waals surface area contributed by atoms with Crippen LogP contribution in [0, 0.1) is 0 Å². The number of hydrogen-bond acceptors (Lipinski definition) is 5. The summed E-state index contributed by atoms with van der Waals surface area (Å²) >= 11 is 5.90. The number of hydrogen-bond donors (Lipinski definition) is 2. The van der Waals surface area contributed by atoms with Crippen molar-refractivity contribution in [2.45, 2.75) is 0 Å². The lowest BCUT2D eigenvalue weighted by molar-refractivity contribution is -0.139. The van der Waals surface area contributed by atoms with Gasteiger partial charge >= 0.3 is 11.9 Å². The minimum atomic E-state index is -1.05. The van der Waals surface area contributed by atoms with Crippen LogP contribution in [0.15, 0.2) is 58.0 Å². The third-order valence-corrected chi connectivity index (χ3v) is 3.56. The number of carboxylic acids is 1. The summed E-state index contributed by atoms with van der Waals surface area (Å²) in [6.07, 6.45) is 1.44. The number of carbonyl (C=O) groups excluding carboxylic acids is 1. The number of furan rings is 1. The lowest BCUT2D eigenvalue weighted by Crippen LogP contribution is -2.16. The van der Waals surface area contributed by atoms with Crippen molar-refractivity contribution < 1.29 is 23.8 Å². The standard InChI is InChI=1S/C18H13ClN2O5/c19-13-3-6-15-12(7-13)8-16(26-15)18(24)21-20-9-11-1-4-14(5-2-11)25-10-17(22)23/h1-9H,10H2,(H,21,24)(H,22,23)/b20-9+. The minimum Gasteiger partial charge on any atom is -0.482 e. The first-order valence-electron chi connectivity index (χ1n) is 7.48. The molecule has 3 rings (SSSR count). The molecule has 0 aliphatic heterocycles. The fraction of sp³-hybridized carbons (Fsp3) is 0.0556. The van der Waals surface area contributed by atoms with Crippen LogP contribution >= 0.6 is 11.6 Å². The van der Waals surface area contributed by atoms with Gasteiger partial charge in [-0.15, -0.1) is 0 Å². The Morgan fingerprint density at radius 3 is 2.69 bits per heavy atom. The van der Waals surface area contributed by atoms with Gasteiger partial charge in [-0.25, -0.2) is 10.2 Å². The largest absolute Gasteiger partial charge is 0.482 e. The number of aliphatic carboxylic acids is 1. The highest BCUT2D eigenvalue weighted by atomic mass is 35.5. The number of amides is 1. The van der Waals surface area contributed by atoms with Crippen molar-refractivity contribution in [1.82, 2.24) is 5.43 Å². The number of carbonyl (C=O) groups is 2. The van der Waals surface area contributed by atoms with Gasteiger partial charge in [-0.3, -0.25) is 4.79 Å². The summed E-state index contributed by atoms with van der Waals surface area (Å²) in [6.45, 7) is -0.411. The third kappa shape index (κ3) is 4.40. The maximum absolute atomic E-state index is 12.1. The first kappa shape index (κ1) is 17.5. The number of ether oxygens (including phenoxy) is 1. The third-order valence-electron chi connectivity index (χ3n) is 3.32. The number of carboxylic acid groups (broad SMARTS) is 1. The molecule has 2 aromatic carbocycles. The zero-order valence-electron chi connectivity index (χ0n) is 13.3. The molecule has 0 radical (unpaired) electrons. The van der Waals surface area contributed by atoms with Gasteiger partial charge in [0.15, 0.2) is 12.4 Å². The Bertz CT molecular complexity index is 979. The van der Waals surface area contributed by atoms with Crippen molar-refractivity contribution in [2.24, 2.45) is 5.10 Å². The molecule has 2 N–H and O–H groups in total. The summed E-state index contributed by atoms with van der Waals surface area (Å²) in [5, 5.41) is 13.7. The van der Waals surface area contributed by atoms with Crippen LogP contribution in [0.1, 0.15) is 16.1 Å². The van der Waals surface area contributed by atoms with E-state index in [0.717, 1.165) is 5.39 Å². The number of rotatable bonds is 6. The fourth-order valence-electron chi connectivity index (χ4n) is 2.14. The number of hydrazone groups is 1. The van der Waals surface area contributed by atoms with E-state index in [1.54, 1.807) is 48.5 Å². The summed E-state index contributed by atoms with van der Waals surface area (Å²) in [7, 11) is 0. The normalized spacial score (nSPS) is 11.0. The zero-order chi connectivity index (χ0) is 18.5. The molecule has 0 atom stereocenters. The van der Waals surface area contributed by atoms with Crippen LogP contribution < -0.4 is 10.2 Å². The number of nitrogens with zero attached hydrogens (tertiary/aromatic N) is 1. The first-order valence-corrected chi connectivity index (χ1v) is 7.86. The van der Waals surface area contributed by atoms with Crippen LogP contribution in [-0.4, -0.2) is 29.8 Å². The summed E-state index contributed by atoms with van der Waals surface area (Å²) in [6, 6.07) is 13.2. The second-order valence-corrected chi connectivity index (χ2v) is 5.68. The quantitative estimate of drug-likeness (QED) is 0.510. The van der Waals surface area contributed by atoms with E-state index in [9.17, 15) is 9.59 Å². The molecule has 0 aliphatic carbocycles. The summed E-state index contributed by atoms with van der Waals surface area (Å²) in [5.41, 5.74) is 3.63. The highest BCUT2D eigenvalue weighted by Gasteiger charge is 2.11. The van der Waals surface area contributed by atoms with Crippen molar-refractivity contribution >= 4 is 40.7 Å². The molecule has 3 aromatic rings. The molecule has 1 heterocycles. The molecule has 0 spiro atoms. The Morgan fingerprint density at radius 2 is 1.96 bits per heavy atom. The second-order valence-electron chi connectivity index (χ2n) is 5.24. The van der Waals surface area contributed by atoms with Gasteiger partial charge in [-0.1, -0.05) is 11.6 Å². The lowest BCUT2D eigenvalue weighted by atomic mass is 10.2. The molecule has 132 valence electrons. The van der Waals surface area contributed by atoms with Crippen LogP contribution in [0.2, 0.25) is 5.02 Å². The Balaban J connectivity index is 1.60. The van der Waals surface area contributed by atoms with Gasteiger partial charge in [0.2, 0.25) is 0 Å². The molecular formula is C18H13ClN2O5. The number of benzene rings is 2. The van der Waals surface area contributed by atoms with Crippen LogP contribution in [0.3, 0.4) is 0 Å². The average Bonchev–Trinajstić information content (AvgIpc) is 3.04. The van der Waals surface area contributed by atoms with Gasteiger partial charge in [0, 0.05) is 10.4 Å². The molecular weight excluding hydrogens is 360 g/mol. The van der Waals surface area contributed by atoms with Crippen molar-refractivity contribution in [3.05, 3.63) is 64.9 Å². The van der Waals surface area contributed by atoms with Gasteiger partial charge in [-0.05, 0) is 54.1 Å². The van der Waals surface area contributed by atoms with Crippen LogP contribution in [0.4, 0.5) is 0 Å². The van der Waals surface area contributed by atoms with Gasteiger partial charge in [-0.2, -0.15) is 5.10 Å². The average molecular weight is 373 g/mol. The Hall–Kier alpha value is -3.32. The van der Waals surface area contributed by atoms with Gasteiger partial charge in [0.05, 0.1) is 6.21 Å². The second kappa shape index (κ2) is 7.71. The molecule has 0 unspecified atom stereocenters. The predicted octanol–water partition coefficient (Wildman–Crippen LogP) is 3.31. The van der Waals surface area contributed by atoms with E-state index in [-0.39, 0.29) is 5.76 Å². The highest BCUT2D eigenvalue weighted by molar-refractivity contribution is 6.31. The Labute approximate surface area is 152 Å². The van der Waals surface area contributed by atoms with Crippen LogP contribution in [-0.2, 0) is 4.79 Å². The predicted molar refractivity (Wildman–Crippen MR) is 95.9 cm³/mol. The van der Waals surface area contributed by atoms with Crippen LogP contribution in [0.25, 0.3) is 11.0 Å². The van der Waals surface area contributed by atoms with Gasteiger partial charge < -0.3 is 14.3 Å². The maximum Gasteiger partial charge on any atom is 0.341 e. The molecule has 0 saturated heterocycles. The van der Waals surface area contributed by atoms with Crippen molar-refractivity contribution in [3.63, 3.8) is 0 Å². The van der Waals surface area contributed by atoms with E-state index >= 15 is 0 Å². The van der Waals surface area contributed by atoms with Crippen molar-refractivity contribution in [1.29, 1.82) is 0 Å². The number of fused-ring (bicyclic) bond motifs is 1.